The van der Waals surface area contributed by atoms with E-state index in [1.807, 2.05) is 0 Å². The summed E-state index contributed by atoms with van der Waals surface area (Å²) in [6.07, 6.45) is -19.6. The number of aliphatic carboxylic acids is 1. The van der Waals surface area contributed by atoms with Crippen molar-refractivity contribution in [1.82, 2.24) is 0 Å². The molecule has 0 bridgehead atoms. The molecule has 3 aromatic rings. The molecule has 19 heteroatoms. The summed E-state index contributed by atoms with van der Waals surface area (Å²) in [6.45, 7) is -0.817. The lowest BCUT2D eigenvalue weighted by Crippen LogP contribution is -2.61. The van der Waals surface area contributed by atoms with E-state index in [-0.39, 0.29) is 5.56 Å². The Morgan fingerprint density at radius 2 is 1.39 bits per heavy atom. The standard InChI is InChI=1S/C27H28O19/c28-5-11-14(32)17(35)20(38)26(44-11)43-10-4-9-12(15(33)13(10)31)16(34)23(22(42-9)6-1-2-7(29)8(30)3-6)45-27-21(39)18(36)19(37)24(46-27)25(40)41/h1-4,11,14,17-21,24,26-33,35-39H,5H2,(H,40,41). The number of carboxylic acid groups (broad SMARTS) is 1. The van der Waals surface area contributed by atoms with Crippen molar-refractivity contribution < 1.29 is 89.4 Å². The third-order valence-electron chi connectivity index (χ3n) is 7.43. The zero-order valence-corrected chi connectivity index (χ0v) is 23.0. The van der Waals surface area contributed by atoms with E-state index < -0.39 is 131 Å². The maximum atomic E-state index is 13.8. The fraction of sp³-hybridized carbons (Fsp3) is 0.407. The molecule has 0 saturated carbocycles. The zero-order valence-electron chi connectivity index (χ0n) is 23.0. The van der Waals surface area contributed by atoms with E-state index in [1.165, 1.54) is 0 Å². The second-order valence-electron chi connectivity index (χ2n) is 10.4. The monoisotopic (exact) mass is 656 g/mol. The van der Waals surface area contributed by atoms with Crippen molar-refractivity contribution in [2.24, 2.45) is 0 Å². The first-order chi connectivity index (χ1) is 21.7. The first-order valence-electron chi connectivity index (χ1n) is 13.3. The number of benzene rings is 2. The third-order valence-corrected chi connectivity index (χ3v) is 7.43. The van der Waals surface area contributed by atoms with Gasteiger partial charge >= 0.3 is 5.97 Å². The Balaban J connectivity index is 1.64. The summed E-state index contributed by atoms with van der Waals surface area (Å²) in [6, 6.07) is 3.82. The number of aliphatic hydroxyl groups excluding tert-OH is 7. The molecule has 10 atom stereocenters. The van der Waals surface area contributed by atoms with Gasteiger partial charge in [-0.25, -0.2) is 4.79 Å². The predicted molar refractivity (Wildman–Crippen MR) is 144 cm³/mol. The summed E-state index contributed by atoms with van der Waals surface area (Å²) in [5.41, 5.74) is -2.08. The average molecular weight is 657 g/mol. The van der Waals surface area contributed by atoms with Gasteiger partial charge in [0.05, 0.1) is 6.61 Å². The quantitative estimate of drug-likeness (QED) is 0.111. The van der Waals surface area contributed by atoms with Gasteiger partial charge in [-0.3, -0.25) is 4.79 Å². The number of carbonyl (C=O) groups is 1. The van der Waals surface area contributed by atoms with Gasteiger partial charge in [-0.15, -0.1) is 0 Å². The van der Waals surface area contributed by atoms with Crippen LogP contribution in [0.1, 0.15) is 0 Å². The highest BCUT2D eigenvalue weighted by Gasteiger charge is 2.49. The van der Waals surface area contributed by atoms with Crippen LogP contribution in [0.3, 0.4) is 0 Å². The van der Waals surface area contributed by atoms with Crippen molar-refractivity contribution in [2.75, 3.05) is 6.61 Å². The van der Waals surface area contributed by atoms with Crippen molar-refractivity contribution >= 4 is 16.9 Å². The van der Waals surface area contributed by atoms with Gasteiger partial charge in [-0.2, -0.15) is 0 Å². The summed E-state index contributed by atoms with van der Waals surface area (Å²) in [4.78, 5) is 25.3. The van der Waals surface area contributed by atoms with E-state index in [9.17, 15) is 70.9 Å². The second-order valence-corrected chi connectivity index (χ2v) is 10.4. The molecule has 3 heterocycles. The number of carboxylic acids is 1. The van der Waals surface area contributed by atoms with Crippen LogP contribution in [-0.4, -0.2) is 135 Å². The molecule has 250 valence electrons. The molecule has 2 aliphatic heterocycles. The van der Waals surface area contributed by atoms with Crippen LogP contribution in [0.15, 0.2) is 33.5 Å². The van der Waals surface area contributed by atoms with E-state index in [0.717, 1.165) is 24.3 Å². The van der Waals surface area contributed by atoms with E-state index >= 15 is 0 Å². The number of aromatic hydroxyl groups is 4. The summed E-state index contributed by atoms with van der Waals surface area (Å²) >= 11 is 0. The van der Waals surface area contributed by atoms with Gasteiger partial charge in [-0.05, 0) is 18.2 Å². The fourth-order valence-electron chi connectivity index (χ4n) is 4.89. The van der Waals surface area contributed by atoms with Crippen LogP contribution in [0, 0.1) is 0 Å². The molecular formula is C27H28O19. The lowest BCUT2D eigenvalue weighted by atomic mass is 9.99. The van der Waals surface area contributed by atoms with Crippen LogP contribution in [-0.2, 0) is 14.3 Å². The summed E-state index contributed by atoms with van der Waals surface area (Å²) in [7, 11) is 0. The van der Waals surface area contributed by atoms with Gasteiger partial charge in [0.25, 0.3) is 0 Å². The van der Waals surface area contributed by atoms with Crippen LogP contribution in [0.5, 0.6) is 34.5 Å². The van der Waals surface area contributed by atoms with Crippen LogP contribution in [0.4, 0.5) is 0 Å². The lowest BCUT2D eigenvalue weighted by Gasteiger charge is -2.39. The minimum Gasteiger partial charge on any atom is -0.504 e. The molecule has 10 unspecified atom stereocenters. The summed E-state index contributed by atoms with van der Waals surface area (Å²) in [5.74, 6) is -7.69. The highest BCUT2D eigenvalue weighted by Crippen LogP contribution is 2.45. The molecule has 5 rings (SSSR count). The van der Waals surface area contributed by atoms with E-state index in [1.54, 1.807) is 0 Å². The molecule has 0 aliphatic carbocycles. The van der Waals surface area contributed by atoms with Gasteiger partial charge in [0.1, 0.15) is 53.7 Å². The molecular weight excluding hydrogens is 628 g/mol. The number of ether oxygens (including phenoxy) is 4. The van der Waals surface area contributed by atoms with Gasteiger partial charge in [0.15, 0.2) is 34.9 Å². The molecule has 0 radical (unpaired) electrons. The third kappa shape index (κ3) is 5.59. The van der Waals surface area contributed by atoms with Crippen LogP contribution in [0.25, 0.3) is 22.3 Å². The highest BCUT2D eigenvalue weighted by molar-refractivity contribution is 5.91. The van der Waals surface area contributed by atoms with Crippen LogP contribution in [0.2, 0.25) is 0 Å². The number of phenolic OH excluding ortho intramolecular Hbond substituents is 4. The van der Waals surface area contributed by atoms with E-state index in [2.05, 4.69) is 0 Å². The number of fused-ring (bicyclic) bond motifs is 1. The Bertz CT molecular complexity index is 1690. The minimum atomic E-state index is -2.16. The van der Waals surface area contributed by atoms with E-state index in [4.69, 9.17) is 23.4 Å². The Labute approximate surface area is 255 Å². The number of phenols is 4. The molecule has 0 amide bonds. The number of hydrogen-bond acceptors (Lipinski definition) is 18. The summed E-state index contributed by atoms with van der Waals surface area (Å²) < 4.78 is 26.9. The highest BCUT2D eigenvalue weighted by atomic mass is 16.7. The Morgan fingerprint density at radius 3 is 2.00 bits per heavy atom. The maximum absolute atomic E-state index is 13.8. The van der Waals surface area contributed by atoms with Crippen molar-refractivity contribution in [3.63, 3.8) is 0 Å². The smallest absolute Gasteiger partial charge is 0.335 e. The largest absolute Gasteiger partial charge is 0.504 e. The predicted octanol–water partition coefficient (Wildman–Crippen LogP) is -3.27. The minimum absolute atomic E-state index is 0.200. The fourth-order valence-corrected chi connectivity index (χ4v) is 4.89. The average Bonchev–Trinajstić information content (AvgIpc) is 3.02. The number of aliphatic hydroxyl groups is 7. The lowest BCUT2D eigenvalue weighted by molar-refractivity contribution is -0.277. The summed E-state index contributed by atoms with van der Waals surface area (Å²) in [5, 5.41) is 120. The second kappa shape index (κ2) is 12.4. The Morgan fingerprint density at radius 1 is 0.761 bits per heavy atom. The molecule has 46 heavy (non-hydrogen) atoms. The first kappa shape index (κ1) is 32.9. The maximum Gasteiger partial charge on any atom is 0.335 e. The molecule has 2 fully saturated rings. The van der Waals surface area contributed by atoms with Crippen molar-refractivity contribution in [1.29, 1.82) is 0 Å². The van der Waals surface area contributed by atoms with Crippen molar-refractivity contribution in [3.05, 3.63) is 34.5 Å². The molecule has 0 spiro atoms. The molecule has 12 N–H and O–H groups in total. The zero-order chi connectivity index (χ0) is 33.8. The van der Waals surface area contributed by atoms with Gasteiger partial charge < -0.3 is 84.6 Å². The van der Waals surface area contributed by atoms with Crippen LogP contribution < -0.4 is 14.9 Å². The van der Waals surface area contributed by atoms with Gasteiger partial charge in [0, 0.05) is 11.6 Å². The molecule has 2 aliphatic rings. The normalized spacial score (nSPS) is 31.5. The number of hydrogen-bond donors (Lipinski definition) is 12. The van der Waals surface area contributed by atoms with Gasteiger partial charge in [-0.1, -0.05) is 0 Å². The first-order valence-corrected chi connectivity index (χ1v) is 13.3. The molecule has 1 aromatic heterocycles. The number of rotatable bonds is 7. The van der Waals surface area contributed by atoms with Crippen molar-refractivity contribution in [3.8, 4) is 45.8 Å². The van der Waals surface area contributed by atoms with Crippen LogP contribution >= 0.6 is 0 Å². The van der Waals surface area contributed by atoms with Crippen molar-refractivity contribution in [2.45, 2.75) is 61.4 Å². The topological polar surface area (TPSA) is 327 Å². The van der Waals surface area contributed by atoms with Gasteiger partial charge in [0.2, 0.25) is 29.5 Å². The SMILES string of the molecule is O=C(O)C1OC(Oc2c(-c3ccc(O)c(O)c3)oc3cc(OC4OC(CO)C(O)C(O)C4O)c(O)c(O)c3c2=O)C(O)C(O)C1O. The van der Waals surface area contributed by atoms with E-state index in [0.29, 0.717) is 0 Å². The Kier molecular flexibility index (Phi) is 8.88. The Hall–Kier alpha value is -4.44. The molecule has 2 saturated heterocycles. The molecule has 2 aromatic carbocycles. The molecule has 19 nitrogen and oxygen atoms in total.